The molecule has 1 heterocycles. The van der Waals surface area contributed by atoms with E-state index in [-0.39, 0.29) is 6.04 Å². The number of nitrogens with two attached hydrogens (primary N) is 1. The lowest BCUT2D eigenvalue weighted by Gasteiger charge is -2.15. The topological polar surface area (TPSA) is 26.0 Å². The van der Waals surface area contributed by atoms with E-state index in [9.17, 15) is 0 Å². The van der Waals surface area contributed by atoms with Gasteiger partial charge in [-0.3, -0.25) is 0 Å². The van der Waals surface area contributed by atoms with Crippen LogP contribution < -0.4 is 5.73 Å². The van der Waals surface area contributed by atoms with Crippen LogP contribution >= 0.6 is 27.3 Å². The van der Waals surface area contributed by atoms with Gasteiger partial charge < -0.3 is 5.73 Å². The van der Waals surface area contributed by atoms with Crippen molar-refractivity contribution < 1.29 is 0 Å². The van der Waals surface area contributed by atoms with E-state index in [1.807, 2.05) is 0 Å². The quantitative estimate of drug-likeness (QED) is 0.700. The molecule has 0 radical (unpaired) electrons. The van der Waals surface area contributed by atoms with E-state index in [0.717, 1.165) is 4.47 Å². The third kappa shape index (κ3) is 2.22. The molecule has 0 aliphatic heterocycles. The zero-order valence-electron chi connectivity index (χ0n) is 10.6. The molecule has 0 aliphatic carbocycles. The number of hydrogen-bond acceptors (Lipinski definition) is 2. The summed E-state index contributed by atoms with van der Waals surface area (Å²) in [5, 5.41) is 4.59. The minimum absolute atomic E-state index is 0.0834. The van der Waals surface area contributed by atoms with Crippen molar-refractivity contribution in [3.05, 3.63) is 68.3 Å². The Morgan fingerprint density at radius 1 is 1.05 bits per heavy atom. The lowest BCUT2D eigenvalue weighted by atomic mass is 9.95. The van der Waals surface area contributed by atoms with Crippen LogP contribution in [0.2, 0.25) is 0 Å². The van der Waals surface area contributed by atoms with Crippen LogP contribution in [0.15, 0.2) is 52.3 Å². The van der Waals surface area contributed by atoms with Gasteiger partial charge in [0.1, 0.15) is 0 Å². The van der Waals surface area contributed by atoms with Gasteiger partial charge in [-0.1, -0.05) is 36.4 Å². The first kappa shape index (κ1) is 12.9. The van der Waals surface area contributed by atoms with Crippen molar-refractivity contribution in [2.45, 2.75) is 13.0 Å². The predicted molar refractivity (Wildman–Crippen MR) is 86.7 cm³/mol. The van der Waals surface area contributed by atoms with Gasteiger partial charge in [-0.05, 0) is 56.2 Å². The van der Waals surface area contributed by atoms with Gasteiger partial charge in [-0.2, -0.15) is 0 Å². The lowest BCUT2D eigenvalue weighted by Crippen LogP contribution is -2.11. The van der Waals surface area contributed by atoms with Crippen LogP contribution in [0.5, 0.6) is 0 Å². The summed E-state index contributed by atoms with van der Waals surface area (Å²) in [4.78, 5) is 1.18. The first-order chi connectivity index (χ1) is 9.18. The number of aryl methyl sites for hydroxylation is 1. The molecule has 0 spiro atoms. The van der Waals surface area contributed by atoms with E-state index < -0.39 is 0 Å². The van der Waals surface area contributed by atoms with Crippen molar-refractivity contribution >= 4 is 38.0 Å². The monoisotopic (exact) mass is 331 g/mol. The number of halogens is 1. The van der Waals surface area contributed by atoms with Crippen LogP contribution in [0.4, 0.5) is 0 Å². The first-order valence-electron chi connectivity index (χ1n) is 6.15. The highest BCUT2D eigenvalue weighted by Gasteiger charge is 2.16. The Kier molecular flexibility index (Phi) is 3.44. The zero-order chi connectivity index (χ0) is 13.4. The molecule has 0 saturated heterocycles. The maximum Gasteiger partial charge on any atom is 0.0663 e. The highest BCUT2D eigenvalue weighted by atomic mass is 79.9. The highest BCUT2D eigenvalue weighted by Crippen LogP contribution is 2.35. The average molecular weight is 332 g/mol. The van der Waals surface area contributed by atoms with E-state index in [2.05, 4.69) is 70.7 Å². The predicted octanol–water partition coefficient (Wildman–Crippen LogP) is 5.02. The smallest absolute Gasteiger partial charge is 0.0663 e. The largest absolute Gasteiger partial charge is 0.320 e. The molecular weight excluding hydrogens is 318 g/mol. The minimum Gasteiger partial charge on any atom is -0.320 e. The van der Waals surface area contributed by atoms with Crippen LogP contribution in [-0.4, -0.2) is 0 Å². The molecule has 2 aromatic carbocycles. The van der Waals surface area contributed by atoms with Gasteiger partial charge in [-0.25, -0.2) is 0 Å². The maximum atomic E-state index is 6.46. The summed E-state index contributed by atoms with van der Waals surface area (Å²) in [6.07, 6.45) is 0. The SMILES string of the molecule is Cc1ccc(C(N)c2sccc2Br)c2ccccc12. The van der Waals surface area contributed by atoms with Crippen molar-refractivity contribution in [3.8, 4) is 0 Å². The molecule has 0 aliphatic rings. The van der Waals surface area contributed by atoms with Crippen LogP contribution in [0.1, 0.15) is 22.0 Å². The average Bonchev–Trinajstić information content (AvgIpc) is 2.85. The summed E-state index contributed by atoms with van der Waals surface area (Å²) in [6.45, 7) is 2.14. The molecule has 1 nitrogen and oxygen atoms in total. The Labute approximate surface area is 125 Å². The zero-order valence-corrected chi connectivity index (χ0v) is 13.0. The van der Waals surface area contributed by atoms with E-state index in [1.54, 1.807) is 11.3 Å². The number of thiophene rings is 1. The van der Waals surface area contributed by atoms with Crippen LogP contribution in [0.3, 0.4) is 0 Å². The van der Waals surface area contributed by atoms with Crippen molar-refractivity contribution in [1.29, 1.82) is 0 Å². The van der Waals surface area contributed by atoms with Crippen molar-refractivity contribution in [3.63, 3.8) is 0 Å². The molecule has 0 bridgehead atoms. The van der Waals surface area contributed by atoms with Crippen molar-refractivity contribution in [1.82, 2.24) is 0 Å². The third-order valence-electron chi connectivity index (χ3n) is 3.44. The van der Waals surface area contributed by atoms with Gasteiger partial charge >= 0.3 is 0 Å². The molecule has 0 amide bonds. The molecule has 19 heavy (non-hydrogen) atoms. The summed E-state index contributed by atoms with van der Waals surface area (Å²) in [7, 11) is 0. The fourth-order valence-corrected chi connectivity index (χ4v) is 4.05. The summed E-state index contributed by atoms with van der Waals surface area (Å²) in [6, 6.07) is 14.7. The van der Waals surface area contributed by atoms with Gasteiger partial charge in [0.25, 0.3) is 0 Å². The molecule has 3 rings (SSSR count). The molecule has 3 heteroatoms. The second-order valence-corrected chi connectivity index (χ2v) is 6.43. The minimum atomic E-state index is -0.0834. The summed E-state index contributed by atoms with van der Waals surface area (Å²) in [5.41, 5.74) is 8.93. The van der Waals surface area contributed by atoms with E-state index in [1.165, 1.54) is 26.8 Å². The third-order valence-corrected chi connectivity index (χ3v) is 5.39. The Morgan fingerprint density at radius 3 is 2.47 bits per heavy atom. The van der Waals surface area contributed by atoms with Gasteiger partial charge in [0.2, 0.25) is 0 Å². The Balaban J connectivity index is 2.21. The second-order valence-electron chi connectivity index (χ2n) is 4.63. The molecule has 1 unspecified atom stereocenters. The summed E-state index contributed by atoms with van der Waals surface area (Å²) >= 11 is 5.27. The van der Waals surface area contributed by atoms with Crippen LogP contribution in [0, 0.1) is 6.92 Å². The molecule has 1 atom stereocenters. The Morgan fingerprint density at radius 2 is 1.79 bits per heavy atom. The van der Waals surface area contributed by atoms with E-state index in [0.29, 0.717) is 0 Å². The molecule has 3 aromatic rings. The van der Waals surface area contributed by atoms with Gasteiger partial charge in [0.05, 0.1) is 6.04 Å². The number of rotatable bonds is 2. The fourth-order valence-electron chi connectivity index (χ4n) is 2.41. The van der Waals surface area contributed by atoms with E-state index >= 15 is 0 Å². The molecule has 1 aromatic heterocycles. The molecular formula is C16H14BrNS. The van der Waals surface area contributed by atoms with Crippen LogP contribution in [0.25, 0.3) is 10.8 Å². The van der Waals surface area contributed by atoms with Gasteiger partial charge in [-0.15, -0.1) is 11.3 Å². The number of benzene rings is 2. The molecule has 0 fully saturated rings. The Hall–Kier alpha value is -1.16. The standard InChI is InChI=1S/C16H14BrNS/c1-10-6-7-13(12-5-3-2-4-11(10)12)15(18)16-14(17)8-9-19-16/h2-9,15H,18H2,1H3. The first-order valence-corrected chi connectivity index (χ1v) is 7.82. The fraction of sp³-hybridized carbons (Fsp3) is 0.125. The summed E-state index contributed by atoms with van der Waals surface area (Å²) < 4.78 is 1.09. The number of hydrogen-bond donors (Lipinski definition) is 1. The lowest BCUT2D eigenvalue weighted by molar-refractivity contribution is 0.898. The number of fused-ring (bicyclic) bond motifs is 1. The van der Waals surface area contributed by atoms with Crippen LogP contribution in [-0.2, 0) is 0 Å². The molecule has 0 saturated carbocycles. The van der Waals surface area contributed by atoms with Crippen molar-refractivity contribution in [2.75, 3.05) is 0 Å². The van der Waals surface area contributed by atoms with Gasteiger partial charge in [0, 0.05) is 9.35 Å². The van der Waals surface area contributed by atoms with E-state index in [4.69, 9.17) is 5.73 Å². The highest BCUT2D eigenvalue weighted by molar-refractivity contribution is 9.10. The van der Waals surface area contributed by atoms with Crippen molar-refractivity contribution in [2.24, 2.45) is 5.73 Å². The Bertz CT molecular complexity index is 732. The van der Waals surface area contributed by atoms with Gasteiger partial charge in [0.15, 0.2) is 0 Å². The molecule has 2 N–H and O–H groups in total. The second kappa shape index (κ2) is 5.08. The normalized spacial score (nSPS) is 12.8. The molecule has 96 valence electrons. The maximum absolute atomic E-state index is 6.46. The summed E-state index contributed by atoms with van der Waals surface area (Å²) in [5.74, 6) is 0.